The van der Waals surface area contributed by atoms with Crippen molar-refractivity contribution in [3.63, 3.8) is 0 Å². The molecule has 1 heterocycles. The highest BCUT2D eigenvalue weighted by Crippen LogP contribution is 2.11. The zero-order chi connectivity index (χ0) is 12.8. The molecule has 0 bridgehead atoms. The molecule has 1 aromatic heterocycles. The number of carbonyl (C=O) groups is 1. The van der Waals surface area contributed by atoms with Gasteiger partial charge in [0.1, 0.15) is 5.82 Å². The molecule has 0 unspecified atom stereocenters. The summed E-state index contributed by atoms with van der Waals surface area (Å²) in [5.74, 6) is 0.914. The van der Waals surface area contributed by atoms with E-state index in [4.69, 9.17) is 0 Å². The van der Waals surface area contributed by atoms with Crippen LogP contribution in [0.15, 0.2) is 41.1 Å². The number of nitrogens with zero attached hydrogens (tertiary/aromatic N) is 1. The first-order chi connectivity index (χ1) is 8.74. The summed E-state index contributed by atoms with van der Waals surface area (Å²) in [5.41, 5.74) is 1.000. The molecule has 1 amide bonds. The average Bonchev–Trinajstić information content (AvgIpc) is 2.82. The van der Waals surface area contributed by atoms with Crippen molar-refractivity contribution in [3.05, 3.63) is 52.5 Å². The molecule has 0 aliphatic heterocycles. The number of aromatic amines is 1. The van der Waals surface area contributed by atoms with E-state index < -0.39 is 0 Å². The maximum absolute atomic E-state index is 11.7. The number of aromatic nitrogens is 2. The lowest BCUT2D eigenvalue weighted by Gasteiger charge is -2.04. The summed E-state index contributed by atoms with van der Waals surface area (Å²) in [6.07, 6.45) is 4.60. The zero-order valence-corrected chi connectivity index (χ0v) is 11.4. The van der Waals surface area contributed by atoms with Crippen LogP contribution in [0.25, 0.3) is 0 Å². The van der Waals surface area contributed by atoms with Gasteiger partial charge in [-0.3, -0.25) is 4.79 Å². The Morgan fingerprint density at radius 3 is 3.06 bits per heavy atom. The average molecular weight is 308 g/mol. The number of hydrogen-bond acceptors (Lipinski definition) is 2. The normalized spacial score (nSPS) is 10.3. The van der Waals surface area contributed by atoms with Gasteiger partial charge < -0.3 is 10.3 Å². The Morgan fingerprint density at radius 1 is 1.44 bits per heavy atom. The van der Waals surface area contributed by atoms with Crippen molar-refractivity contribution in [2.24, 2.45) is 0 Å². The van der Waals surface area contributed by atoms with Crippen LogP contribution in [0.1, 0.15) is 11.4 Å². The Balaban J connectivity index is 1.75. The van der Waals surface area contributed by atoms with Crippen LogP contribution in [0.2, 0.25) is 0 Å². The molecular weight excluding hydrogens is 294 g/mol. The number of imidazole rings is 1. The molecule has 2 rings (SSSR count). The fourth-order valence-electron chi connectivity index (χ4n) is 1.65. The third-order valence-electron chi connectivity index (χ3n) is 2.49. The maximum atomic E-state index is 11.7. The van der Waals surface area contributed by atoms with E-state index in [2.05, 4.69) is 31.2 Å². The van der Waals surface area contributed by atoms with E-state index in [0.717, 1.165) is 22.3 Å². The van der Waals surface area contributed by atoms with Gasteiger partial charge in [0.05, 0.1) is 6.42 Å². The number of amides is 1. The van der Waals surface area contributed by atoms with E-state index in [9.17, 15) is 4.79 Å². The van der Waals surface area contributed by atoms with Crippen LogP contribution >= 0.6 is 15.9 Å². The van der Waals surface area contributed by atoms with Gasteiger partial charge in [-0.05, 0) is 17.7 Å². The number of nitrogens with one attached hydrogen (secondary N) is 2. The van der Waals surface area contributed by atoms with E-state index >= 15 is 0 Å². The van der Waals surface area contributed by atoms with Crippen molar-refractivity contribution in [1.82, 2.24) is 15.3 Å². The molecule has 0 aliphatic rings. The number of carbonyl (C=O) groups excluding carboxylic acids is 1. The first-order valence-electron chi connectivity index (χ1n) is 5.73. The summed E-state index contributed by atoms with van der Waals surface area (Å²) in [7, 11) is 0. The molecule has 5 heteroatoms. The number of halogens is 1. The van der Waals surface area contributed by atoms with E-state index in [-0.39, 0.29) is 5.91 Å². The maximum Gasteiger partial charge on any atom is 0.224 e. The highest BCUT2D eigenvalue weighted by atomic mass is 79.9. The summed E-state index contributed by atoms with van der Waals surface area (Å²) in [6, 6.07) is 7.76. The van der Waals surface area contributed by atoms with Crippen LogP contribution in [0.5, 0.6) is 0 Å². The van der Waals surface area contributed by atoms with Crippen LogP contribution in [0, 0.1) is 0 Å². The molecule has 0 spiro atoms. The topological polar surface area (TPSA) is 57.8 Å². The van der Waals surface area contributed by atoms with E-state index in [0.29, 0.717) is 13.0 Å². The van der Waals surface area contributed by atoms with Crippen LogP contribution in [-0.2, 0) is 17.6 Å². The molecule has 94 valence electrons. The molecule has 0 saturated heterocycles. The van der Waals surface area contributed by atoms with Crippen LogP contribution in [-0.4, -0.2) is 22.4 Å². The fraction of sp³-hybridized carbons (Fsp3) is 0.231. The van der Waals surface area contributed by atoms with Gasteiger partial charge >= 0.3 is 0 Å². The molecule has 2 N–H and O–H groups in total. The van der Waals surface area contributed by atoms with E-state index in [1.807, 2.05) is 24.3 Å². The first-order valence-corrected chi connectivity index (χ1v) is 6.53. The van der Waals surface area contributed by atoms with Gasteiger partial charge in [-0.1, -0.05) is 28.1 Å². The number of hydrogen-bond donors (Lipinski definition) is 2. The fourth-order valence-corrected chi connectivity index (χ4v) is 2.10. The minimum absolute atomic E-state index is 0.0275. The number of H-pyrrole nitrogens is 1. The largest absolute Gasteiger partial charge is 0.355 e. The third kappa shape index (κ3) is 4.00. The van der Waals surface area contributed by atoms with E-state index in [1.165, 1.54) is 0 Å². The lowest BCUT2D eigenvalue weighted by molar-refractivity contribution is -0.120. The second-order valence-electron chi connectivity index (χ2n) is 3.94. The van der Waals surface area contributed by atoms with Crippen molar-refractivity contribution in [2.45, 2.75) is 12.8 Å². The minimum Gasteiger partial charge on any atom is -0.355 e. The molecule has 18 heavy (non-hydrogen) atoms. The van der Waals surface area contributed by atoms with Gasteiger partial charge in [0.2, 0.25) is 5.91 Å². The van der Waals surface area contributed by atoms with Crippen molar-refractivity contribution in [1.29, 1.82) is 0 Å². The van der Waals surface area contributed by atoms with Crippen molar-refractivity contribution < 1.29 is 4.79 Å². The summed E-state index contributed by atoms with van der Waals surface area (Å²) in [5, 5.41) is 2.87. The molecule has 4 nitrogen and oxygen atoms in total. The monoisotopic (exact) mass is 307 g/mol. The van der Waals surface area contributed by atoms with Crippen molar-refractivity contribution in [3.8, 4) is 0 Å². The second-order valence-corrected chi connectivity index (χ2v) is 4.86. The summed E-state index contributed by atoms with van der Waals surface area (Å²) in [4.78, 5) is 18.8. The number of benzene rings is 1. The van der Waals surface area contributed by atoms with Gasteiger partial charge in [0.25, 0.3) is 0 Å². The molecule has 0 saturated carbocycles. The quantitative estimate of drug-likeness (QED) is 0.888. The minimum atomic E-state index is 0.0275. The lowest BCUT2D eigenvalue weighted by Crippen LogP contribution is -2.27. The SMILES string of the molecule is O=C(Cc1cccc(Br)c1)NCCc1ncc[nH]1. The van der Waals surface area contributed by atoms with Gasteiger partial charge in [-0.25, -0.2) is 4.98 Å². The standard InChI is InChI=1S/C13H14BrN3O/c14-11-3-1-2-10(8-11)9-13(18)17-5-4-12-15-6-7-16-12/h1-3,6-8H,4-5,9H2,(H,15,16)(H,17,18). The molecule has 0 aliphatic carbocycles. The summed E-state index contributed by atoms with van der Waals surface area (Å²) < 4.78 is 0.989. The van der Waals surface area contributed by atoms with Gasteiger partial charge in [-0.2, -0.15) is 0 Å². The van der Waals surface area contributed by atoms with Gasteiger partial charge in [0.15, 0.2) is 0 Å². The van der Waals surface area contributed by atoms with Crippen LogP contribution in [0.4, 0.5) is 0 Å². The van der Waals surface area contributed by atoms with Crippen LogP contribution in [0.3, 0.4) is 0 Å². The van der Waals surface area contributed by atoms with Gasteiger partial charge in [0, 0.05) is 29.8 Å². The molecule has 1 aromatic carbocycles. The van der Waals surface area contributed by atoms with Crippen LogP contribution < -0.4 is 5.32 Å². The Hall–Kier alpha value is -1.62. The first kappa shape index (κ1) is 12.8. The summed E-state index contributed by atoms with van der Waals surface area (Å²) >= 11 is 3.39. The Kier molecular flexibility index (Phi) is 4.52. The highest BCUT2D eigenvalue weighted by molar-refractivity contribution is 9.10. The van der Waals surface area contributed by atoms with Gasteiger partial charge in [-0.15, -0.1) is 0 Å². The Morgan fingerprint density at radius 2 is 2.33 bits per heavy atom. The number of rotatable bonds is 5. The Labute approximate surface area is 114 Å². The lowest BCUT2D eigenvalue weighted by atomic mass is 10.1. The van der Waals surface area contributed by atoms with Crippen molar-refractivity contribution in [2.75, 3.05) is 6.54 Å². The molecule has 0 radical (unpaired) electrons. The van der Waals surface area contributed by atoms with Crippen molar-refractivity contribution >= 4 is 21.8 Å². The predicted octanol–water partition coefficient (Wildman–Crippen LogP) is 2.07. The molecule has 0 atom stereocenters. The third-order valence-corrected chi connectivity index (χ3v) is 2.99. The molecular formula is C13H14BrN3O. The highest BCUT2D eigenvalue weighted by Gasteiger charge is 2.03. The zero-order valence-electron chi connectivity index (χ0n) is 9.82. The van der Waals surface area contributed by atoms with E-state index in [1.54, 1.807) is 12.4 Å². The molecule has 0 fully saturated rings. The molecule has 2 aromatic rings. The Bertz CT molecular complexity index is 511. The second kappa shape index (κ2) is 6.35. The predicted molar refractivity (Wildman–Crippen MR) is 73.1 cm³/mol. The smallest absolute Gasteiger partial charge is 0.224 e. The summed E-state index contributed by atoms with van der Waals surface area (Å²) in [6.45, 7) is 0.598.